The largest absolute Gasteiger partial charge is 0.397 e. The van der Waals surface area contributed by atoms with Gasteiger partial charge in [-0.2, -0.15) is 0 Å². The van der Waals surface area contributed by atoms with Crippen LogP contribution in [0.25, 0.3) is 0 Å². The van der Waals surface area contributed by atoms with E-state index in [4.69, 9.17) is 10.5 Å². The molecule has 1 saturated heterocycles. The molecule has 3 heteroatoms. The van der Waals surface area contributed by atoms with Gasteiger partial charge in [0.2, 0.25) is 0 Å². The summed E-state index contributed by atoms with van der Waals surface area (Å²) >= 11 is 0. The first-order valence-electron chi connectivity index (χ1n) is 5.35. The highest BCUT2D eigenvalue weighted by atomic mass is 16.5. The predicted octanol–water partition coefficient (Wildman–Crippen LogP) is 1.80. The molecule has 3 nitrogen and oxygen atoms in total. The summed E-state index contributed by atoms with van der Waals surface area (Å²) in [5.74, 6) is 0. The third-order valence-corrected chi connectivity index (χ3v) is 3.02. The predicted molar refractivity (Wildman–Crippen MR) is 63.2 cm³/mol. The van der Waals surface area contributed by atoms with Crippen molar-refractivity contribution in [3.63, 3.8) is 0 Å². The first-order chi connectivity index (χ1) is 7.18. The van der Waals surface area contributed by atoms with Crippen molar-refractivity contribution in [2.24, 2.45) is 0 Å². The number of nitrogen functional groups attached to an aromatic ring is 1. The van der Waals surface area contributed by atoms with Gasteiger partial charge in [0.05, 0.1) is 24.0 Å². The Labute approximate surface area is 90.8 Å². The molecule has 1 aliphatic rings. The Kier molecular flexibility index (Phi) is 2.82. The van der Waals surface area contributed by atoms with Crippen LogP contribution in [0.2, 0.25) is 0 Å². The first kappa shape index (κ1) is 10.3. The highest BCUT2D eigenvalue weighted by Crippen LogP contribution is 2.27. The number of anilines is 2. The zero-order chi connectivity index (χ0) is 10.8. The third kappa shape index (κ3) is 2.07. The number of hydrogen-bond donors (Lipinski definition) is 1. The zero-order valence-corrected chi connectivity index (χ0v) is 9.36. The van der Waals surface area contributed by atoms with Gasteiger partial charge in [0, 0.05) is 13.7 Å². The van der Waals surface area contributed by atoms with E-state index in [1.807, 2.05) is 12.1 Å². The maximum absolute atomic E-state index is 5.98. The van der Waals surface area contributed by atoms with E-state index in [1.165, 1.54) is 5.56 Å². The Morgan fingerprint density at radius 2 is 2.27 bits per heavy atom. The van der Waals surface area contributed by atoms with E-state index in [9.17, 15) is 0 Å². The number of nitrogens with two attached hydrogens (primary N) is 1. The fourth-order valence-electron chi connectivity index (χ4n) is 1.98. The second-order valence-corrected chi connectivity index (χ2v) is 4.19. The Hall–Kier alpha value is -1.22. The summed E-state index contributed by atoms with van der Waals surface area (Å²) in [5, 5.41) is 0. The molecule has 0 spiro atoms. The summed E-state index contributed by atoms with van der Waals surface area (Å²) in [6.07, 6.45) is 1.09. The summed E-state index contributed by atoms with van der Waals surface area (Å²) in [6, 6.07) is 6.61. The molecule has 1 aromatic rings. The molecule has 0 aliphatic carbocycles. The molecule has 0 radical (unpaired) electrons. The van der Waals surface area contributed by atoms with Crippen LogP contribution in [0.1, 0.15) is 12.0 Å². The first-order valence-corrected chi connectivity index (χ1v) is 5.35. The molecule has 1 aromatic carbocycles. The van der Waals surface area contributed by atoms with E-state index in [1.54, 1.807) is 0 Å². The van der Waals surface area contributed by atoms with Crippen LogP contribution >= 0.6 is 0 Å². The van der Waals surface area contributed by atoms with Gasteiger partial charge in [-0.1, -0.05) is 6.07 Å². The Balaban J connectivity index is 2.23. The molecule has 0 amide bonds. The van der Waals surface area contributed by atoms with E-state index in [-0.39, 0.29) is 0 Å². The normalized spacial score (nSPS) is 20.5. The van der Waals surface area contributed by atoms with Gasteiger partial charge in [-0.25, -0.2) is 0 Å². The number of benzene rings is 1. The monoisotopic (exact) mass is 206 g/mol. The van der Waals surface area contributed by atoms with Gasteiger partial charge in [0.1, 0.15) is 0 Å². The molecule has 1 atom stereocenters. The molecule has 1 heterocycles. The van der Waals surface area contributed by atoms with Crippen LogP contribution in [0.5, 0.6) is 0 Å². The van der Waals surface area contributed by atoms with Crippen molar-refractivity contribution < 1.29 is 4.74 Å². The highest BCUT2D eigenvalue weighted by Gasteiger charge is 2.21. The topological polar surface area (TPSA) is 38.5 Å². The van der Waals surface area contributed by atoms with Crippen molar-refractivity contribution in [3.05, 3.63) is 23.8 Å². The minimum atomic E-state index is 0.467. The number of aryl methyl sites for hydroxylation is 1. The molecule has 82 valence electrons. The number of likely N-dealkylation sites (N-methyl/N-ethyl adjacent to an activating group) is 1. The smallest absolute Gasteiger partial charge is 0.0670 e. The molecule has 2 N–H and O–H groups in total. The van der Waals surface area contributed by atoms with Gasteiger partial charge in [0.25, 0.3) is 0 Å². The molecule has 0 saturated carbocycles. The van der Waals surface area contributed by atoms with Gasteiger partial charge in [-0.3, -0.25) is 0 Å². The van der Waals surface area contributed by atoms with Gasteiger partial charge in [-0.15, -0.1) is 0 Å². The molecule has 1 aliphatic heterocycles. The second-order valence-electron chi connectivity index (χ2n) is 4.19. The van der Waals surface area contributed by atoms with Gasteiger partial charge in [-0.05, 0) is 31.0 Å². The lowest BCUT2D eigenvalue weighted by Gasteiger charge is -2.27. The van der Waals surface area contributed by atoms with E-state index >= 15 is 0 Å². The molecule has 0 bridgehead atoms. The summed E-state index contributed by atoms with van der Waals surface area (Å²) in [6.45, 7) is 3.76. The van der Waals surface area contributed by atoms with Gasteiger partial charge >= 0.3 is 0 Å². The third-order valence-electron chi connectivity index (χ3n) is 3.02. The summed E-state index contributed by atoms with van der Waals surface area (Å²) in [5.41, 5.74) is 9.17. The van der Waals surface area contributed by atoms with Gasteiger partial charge < -0.3 is 15.4 Å². The quantitative estimate of drug-likeness (QED) is 0.750. The van der Waals surface area contributed by atoms with E-state index in [0.29, 0.717) is 6.04 Å². The van der Waals surface area contributed by atoms with Crippen molar-refractivity contribution in [2.75, 3.05) is 30.9 Å². The number of ether oxygens (including phenoxy) is 1. The molecule has 2 rings (SSSR count). The molecular weight excluding hydrogens is 188 g/mol. The molecule has 1 fully saturated rings. The number of rotatable bonds is 2. The minimum absolute atomic E-state index is 0.467. The maximum Gasteiger partial charge on any atom is 0.0670 e. The van der Waals surface area contributed by atoms with Crippen LogP contribution in [-0.2, 0) is 4.74 Å². The van der Waals surface area contributed by atoms with Crippen molar-refractivity contribution >= 4 is 11.4 Å². The van der Waals surface area contributed by atoms with Crippen molar-refractivity contribution in [1.29, 1.82) is 0 Å². The van der Waals surface area contributed by atoms with Crippen molar-refractivity contribution in [1.82, 2.24) is 0 Å². The Morgan fingerprint density at radius 1 is 1.47 bits per heavy atom. The van der Waals surface area contributed by atoms with E-state index in [2.05, 4.69) is 24.9 Å². The van der Waals surface area contributed by atoms with Crippen LogP contribution in [0.15, 0.2) is 18.2 Å². The molecule has 15 heavy (non-hydrogen) atoms. The fraction of sp³-hybridized carbons (Fsp3) is 0.500. The second kappa shape index (κ2) is 4.11. The minimum Gasteiger partial charge on any atom is -0.397 e. The number of hydrogen-bond acceptors (Lipinski definition) is 3. The Morgan fingerprint density at radius 3 is 2.93 bits per heavy atom. The fourth-order valence-corrected chi connectivity index (χ4v) is 1.98. The average Bonchev–Trinajstić information content (AvgIpc) is 2.74. The average molecular weight is 206 g/mol. The van der Waals surface area contributed by atoms with Crippen molar-refractivity contribution in [3.8, 4) is 0 Å². The van der Waals surface area contributed by atoms with Crippen LogP contribution in [0.4, 0.5) is 11.4 Å². The van der Waals surface area contributed by atoms with E-state index < -0.39 is 0 Å². The SMILES string of the molecule is Cc1ccc(N)c(N(C)C2CCOC2)c1. The molecule has 1 unspecified atom stereocenters. The Bertz CT molecular complexity index is 345. The van der Waals surface area contributed by atoms with Crippen LogP contribution < -0.4 is 10.6 Å². The lowest BCUT2D eigenvalue weighted by atomic mass is 10.1. The van der Waals surface area contributed by atoms with Crippen LogP contribution in [-0.4, -0.2) is 26.3 Å². The summed E-state index contributed by atoms with van der Waals surface area (Å²) < 4.78 is 5.39. The zero-order valence-electron chi connectivity index (χ0n) is 9.36. The standard InChI is InChI=1S/C12H18N2O/c1-9-3-4-11(13)12(7-9)14(2)10-5-6-15-8-10/h3-4,7,10H,5-6,8,13H2,1-2H3. The van der Waals surface area contributed by atoms with Gasteiger partial charge in [0.15, 0.2) is 0 Å². The van der Waals surface area contributed by atoms with E-state index in [0.717, 1.165) is 31.0 Å². The van der Waals surface area contributed by atoms with Crippen LogP contribution in [0.3, 0.4) is 0 Å². The van der Waals surface area contributed by atoms with Crippen molar-refractivity contribution in [2.45, 2.75) is 19.4 Å². The van der Waals surface area contributed by atoms with Crippen LogP contribution in [0, 0.1) is 6.92 Å². The lowest BCUT2D eigenvalue weighted by molar-refractivity contribution is 0.193. The maximum atomic E-state index is 5.98. The summed E-state index contributed by atoms with van der Waals surface area (Å²) in [7, 11) is 2.09. The molecular formula is C12H18N2O. The lowest BCUT2D eigenvalue weighted by Crippen LogP contribution is -2.32. The molecule has 0 aromatic heterocycles. The number of nitrogens with zero attached hydrogens (tertiary/aromatic N) is 1. The highest BCUT2D eigenvalue weighted by molar-refractivity contribution is 5.68. The summed E-state index contributed by atoms with van der Waals surface area (Å²) in [4.78, 5) is 2.23.